The summed E-state index contributed by atoms with van der Waals surface area (Å²) in [5.74, 6) is 0.544. The zero-order valence-corrected chi connectivity index (χ0v) is 11.6. The molecule has 0 aliphatic carbocycles. The highest BCUT2D eigenvalue weighted by Gasteiger charge is 2.11. The third-order valence-electron chi connectivity index (χ3n) is 2.40. The van der Waals surface area contributed by atoms with E-state index in [-0.39, 0.29) is 0 Å². The SMILES string of the molecule is CC(C)NC(N)=NCCN(C(C)C)C(C)C. The molecule has 0 aromatic carbocycles. The van der Waals surface area contributed by atoms with Gasteiger partial charge in [0.2, 0.25) is 0 Å². The monoisotopic (exact) mass is 228 g/mol. The number of rotatable bonds is 6. The molecule has 0 saturated heterocycles. The van der Waals surface area contributed by atoms with Crippen LogP contribution in [0, 0.1) is 0 Å². The molecule has 96 valence electrons. The maximum absolute atomic E-state index is 5.73. The number of nitrogens with zero attached hydrogens (tertiary/aromatic N) is 2. The molecule has 0 aromatic heterocycles. The first kappa shape index (κ1) is 15.2. The van der Waals surface area contributed by atoms with Gasteiger partial charge in [0, 0.05) is 24.7 Å². The minimum atomic E-state index is 0.343. The lowest BCUT2D eigenvalue weighted by atomic mass is 10.2. The molecule has 0 fully saturated rings. The zero-order valence-electron chi connectivity index (χ0n) is 11.6. The maximum atomic E-state index is 5.73. The van der Waals surface area contributed by atoms with Crippen molar-refractivity contribution < 1.29 is 0 Å². The predicted octanol–water partition coefficient (Wildman–Crippen LogP) is 1.42. The Morgan fingerprint density at radius 3 is 2.00 bits per heavy atom. The van der Waals surface area contributed by atoms with Crippen LogP contribution >= 0.6 is 0 Å². The lowest BCUT2D eigenvalue weighted by Gasteiger charge is -2.29. The first-order valence-electron chi connectivity index (χ1n) is 6.16. The molecule has 4 nitrogen and oxygen atoms in total. The van der Waals surface area contributed by atoms with Gasteiger partial charge in [-0.3, -0.25) is 9.89 Å². The average Bonchev–Trinajstić information content (AvgIpc) is 2.09. The minimum Gasteiger partial charge on any atom is -0.370 e. The summed E-state index contributed by atoms with van der Waals surface area (Å²) in [4.78, 5) is 6.72. The van der Waals surface area contributed by atoms with Gasteiger partial charge in [-0.1, -0.05) is 0 Å². The summed E-state index contributed by atoms with van der Waals surface area (Å²) < 4.78 is 0. The third-order valence-corrected chi connectivity index (χ3v) is 2.40. The lowest BCUT2D eigenvalue weighted by Crippen LogP contribution is -2.40. The van der Waals surface area contributed by atoms with E-state index >= 15 is 0 Å². The van der Waals surface area contributed by atoms with E-state index in [0.717, 1.165) is 13.1 Å². The van der Waals surface area contributed by atoms with Crippen molar-refractivity contribution in [2.75, 3.05) is 13.1 Å². The van der Waals surface area contributed by atoms with Gasteiger partial charge < -0.3 is 11.1 Å². The van der Waals surface area contributed by atoms with Gasteiger partial charge in [-0.05, 0) is 41.5 Å². The topological polar surface area (TPSA) is 53.6 Å². The van der Waals surface area contributed by atoms with E-state index < -0.39 is 0 Å². The van der Waals surface area contributed by atoms with Crippen molar-refractivity contribution in [3.05, 3.63) is 0 Å². The summed E-state index contributed by atoms with van der Waals surface area (Å²) >= 11 is 0. The van der Waals surface area contributed by atoms with Gasteiger partial charge in [-0.2, -0.15) is 0 Å². The van der Waals surface area contributed by atoms with E-state index in [1.54, 1.807) is 0 Å². The van der Waals surface area contributed by atoms with Crippen LogP contribution in [-0.2, 0) is 0 Å². The Hall–Kier alpha value is -0.770. The first-order valence-corrected chi connectivity index (χ1v) is 6.16. The molecular formula is C12H28N4. The molecule has 0 saturated carbocycles. The molecule has 0 unspecified atom stereocenters. The van der Waals surface area contributed by atoms with Gasteiger partial charge in [-0.15, -0.1) is 0 Å². The average molecular weight is 228 g/mol. The third kappa shape index (κ3) is 6.67. The van der Waals surface area contributed by atoms with Crippen LogP contribution in [0.5, 0.6) is 0 Å². The minimum absolute atomic E-state index is 0.343. The Labute approximate surface area is 100 Å². The van der Waals surface area contributed by atoms with Crippen LogP contribution in [0.4, 0.5) is 0 Å². The molecule has 0 atom stereocenters. The van der Waals surface area contributed by atoms with E-state index in [1.807, 2.05) is 0 Å². The second-order valence-corrected chi connectivity index (χ2v) is 4.99. The maximum Gasteiger partial charge on any atom is 0.188 e. The van der Waals surface area contributed by atoms with Crippen LogP contribution in [-0.4, -0.2) is 42.1 Å². The Morgan fingerprint density at radius 2 is 1.62 bits per heavy atom. The Balaban J connectivity index is 4.02. The molecular weight excluding hydrogens is 200 g/mol. The van der Waals surface area contributed by atoms with Crippen molar-refractivity contribution in [2.24, 2.45) is 10.7 Å². The van der Waals surface area contributed by atoms with Crippen molar-refractivity contribution in [1.29, 1.82) is 0 Å². The van der Waals surface area contributed by atoms with Crippen LogP contribution in [0.25, 0.3) is 0 Å². The Kier molecular flexibility index (Phi) is 7.13. The second kappa shape index (κ2) is 7.49. The number of hydrogen-bond acceptors (Lipinski definition) is 2. The predicted molar refractivity (Wildman–Crippen MR) is 71.7 cm³/mol. The van der Waals surface area contributed by atoms with Crippen LogP contribution < -0.4 is 11.1 Å². The lowest BCUT2D eigenvalue weighted by molar-refractivity contribution is 0.181. The summed E-state index contributed by atoms with van der Waals surface area (Å²) in [7, 11) is 0. The zero-order chi connectivity index (χ0) is 12.7. The van der Waals surface area contributed by atoms with Gasteiger partial charge in [0.05, 0.1) is 6.54 Å². The number of nitrogens with two attached hydrogens (primary N) is 1. The fourth-order valence-corrected chi connectivity index (χ4v) is 1.74. The van der Waals surface area contributed by atoms with Crippen LogP contribution in [0.2, 0.25) is 0 Å². The van der Waals surface area contributed by atoms with Gasteiger partial charge in [0.25, 0.3) is 0 Å². The molecule has 0 aliphatic rings. The summed E-state index contributed by atoms with van der Waals surface area (Å²) in [6.45, 7) is 14.6. The number of aliphatic imine (C=N–C) groups is 1. The van der Waals surface area contributed by atoms with Crippen molar-refractivity contribution >= 4 is 5.96 Å². The van der Waals surface area contributed by atoms with Gasteiger partial charge in [-0.25, -0.2) is 0 Å². The van der Waals surface area contributed by atoms with E-state index in [4.69, 9.17) is 5.73 Å². The number of nitrogens with one attached hydrogen (secondary N) is 1. The fraction of sp³-hybridized carbons (Fsp3) is 0.917. The quantitative estimate of drug-likeness (QED) is 0.534. The molecule has 0 rings (SSSR count). The van der Waals surface area contributed by atoms with E-state index in [0.29, 0.717) is 24.1 Å². The van der Waals surface area contributed by atoms with Gasteiger partial charge in [0.1, 0.15) is 0 Å². The molecule has 0 amide bonds. The summed E-state index contributed by atoms with van der Waals surface area (Å²) in [6, 6.07) is 1.44. The molecule has 3 N–H and O–H groups in total. The summed E-state index contributed by atoms with van der Waals surface area (Å²) in [5.41, 5.74) is 5.73. The smallest absolute Gasteiger partial charge is 0.188 e. The number of hydrogen-bond donors (Lipinski definition) is 2. The van der Waals surface area contributed by atoms with Crippen LogP contribution in [0.15, 0.2) is 4.99 Å². The van der Waals surface area contributed by atoms with E-state index in [2.05, 4.69) is 56.8 Å². The molecule has 0 aromatic rings. The highest BCUT2D eigenvalue weighted by molar-refractivity contribution is 5.78. The molecule has 0 heterocycles. The molecule has 0 aliphatic heterocycles. The molecule has 0 radical (unpaired) electrons. The van der Waals surface area contributed by atoms with Crippen molar-refractivity contribution in [1.82, 2.24) is 10.2 Å². The van der Waals surface area contributed by atoms with Gasteiger partial charge >= 0.3 is 0 Å². The highest BCUT2D eigenvalue weighted by atomic mass is 15.2. The molecule has 16 heavy (non-hydrogen) atoms. The van der Waals surface area contributed by atoms with E-state index in [1.165, 1.54) is 0 Å². The van der Waals surface area contributed by atoms with Crippen LogP contribution in [0.1, 0.15) is 41.5 Å². The highest BCUT2D eigenvalue weighted by Crippen LogP contribution is 2.03. The first-order chi connectivity index (χ1) is 7.34. The fourth-order valence-electron chi connectivity index (χ4n) is 1.74. The Morgan fingerprint density at radius 1 is 1.12 bits per heavy atom. The summed E-state index contributed by atoms with van der Waals surface area (Å²) in [6.07, 6.45) is 0. The standard InChI is InChI=1S/C12H28N4/c1-9(2)15-12(13)14-7-8-16(10(3)4)11(5)6/h9-11H,7-8H2,1-6H3,(H3,13,14,15). The molecule has 0 spiro atoms. The van der Waals surface area contributed by atoms with E-state index in [9.17, 15) is 0 Å². The Bertz CT molecular complexity index is 201. The second-order valence-electron chi connectivity index (χ2n) is 4.99. The number of guanidine groups is 1. The normalized spacial score (nSPS) is 13.2. The largest absolute Gasteiger partial charge is 0.370 e. The molecule has 4 heteroatoms. The molecule has 0 bridgehead atoms. The van der Waals surface area contributed by atoms with Gasteiger partial charge in [0.15, 0.2) is 5.96 Å². The summed E-state index contributed by atoms with van der Waals surface area (Å²) in [5, 5.41) is 3.08. The van der Waals surface area contributed by atoms with Crippen LogP contribution in [0.3, 0.4) is 0 Å². The van der Waals surface area contributed by atoms with Crippen molar-refractivity contribution in [3.8, 4) is 0 Å². The van der Waals surface area contributed by atoms with Crippen molar-refractivity contribution in [2.45, 2.75) is 59.7 Å². The van der Waals surface area contributed by atoms with Crippen molar-refractivity contribution in [3.63, 3.8) is 0 Å².